The van der Waals surface area contributed by atoms with E-state index < -0.39 is 0 Å². The smallest absolute Gasteiger partial charge is 0.253 e. The molecule has 0 aliphatic carbocycles. The fourth-order valence-electron chi connectivity index (χ4n) is 2.78. The number of nitrogens with two attached hydrogens (primary N) is 1. The lowest BCUT2D eigenvalue weighted by Gasteiger charge is -2.17. The van der Waals surface area contributed by atoms with Crippen molar-refractivity contribution in [2.45, 2.75) is 20.0 Å². The van der Waals surface area contributed by atoms with Gasteiger partial charge in [-0.15, -0.1) is 0 Å². The molecule has 1 amide bonds. The van der Waals surface area contributed by atoms with Gasteiger partial charge in [0.05, 0.1) is 10.2 Å². The van der Waals surface area contributed by atoms with Crippen LogP contribution in [0, 0.1) is 12.8 Å². The number of likely N-dealkylation sites (tertiary alicyclic amines) is 1. The van der Waals surface area contributed by atoms with Crippen LogP contribution >= 0.6 is 15.9 Å². The highest BCUT2D eigenvalue weighted by Gasteiger charge is 2.26. The minimum Gasteiger partial charge on any atom is -0.484 e. The van der Waals surface area contributed by atoms with Gasteiger partial charge in [0, 0.05) is 24.7 Å². The van der Waals surface area contributed by atoms with Gasteiger partial charge in [0.2, 0.25) is 0 Å². The highest BCUT2D eigenvalue weighted by Crippen LogP contribution is 2.28. The zero-order valence-corrected chi connectivity index (χ0v) is 15.1. The van der Waals surface area contributed by atoms with Crippen LogP contribution in [0.1, 0.15) is 28.2 Å². The van der Waals surface area contributed by atoms with Crippen molar-refractivity contribution in [3.63, 3.8) is 0 Å². The zero-order valence-electron chi connectivity index (χ0n) is 13.5. The summed E-state index contributed by atoms with van der Waals surface area (Å²) < 4.78 is 11.6. The fourth-order valence-corrected chi connectivity index (χ4v) is 3.27. The highest BCUT2D eigenvalue weighted by molar-refractivity contribution is 9.10. The lowest BCUT2D eigenvalue weighted by molar-refractivity contribution is 0.0787. The Kier molecular flexibility index (Phi) is 5.20. The van der Waals surface area contributed by atoms with Crippen molar-refractivity contribution in [3.05, 3.63) is 45.8 Å². The molecule has 0 spiro atoms. The standard InChI is InChI=1S/C17H20BrN3O3/c1-11-6-14(24-20-11)10-23-16-3-2-13(7-15(16)18)17(22)21-5-4-12(8-19)9-21/h2-3,6-7,12H,4-5,8-10,19H2,1H3/t12-/m1/s1. The van der Waals surface area contributed by atoms with Crippen LogP contribution in [0.15, 0.2) is 33.3 Å². The molecule has 1 aliphatic rings. The van der Waals surface area contributed by atoms with E-state index in [9.17, 15) is 4.79 Å². The van der Waals surface area contributed by atoms with Gasteiger partial charge in [0.15, 0.2) is 5.76 Å². The molecule has 7 heteroatoms. The summed E-state index contributed by atoms with van der Waals surface area (Å²) in [6.45, 7) is 4.27. The molecule has 1 saturated heterocycles. The van der Waals surface area contributed by atoms with Crippen LogP contribution in [0.3, 0.4) is 0 Å². The SMILES string of the molecule is Cc1cc(COc2ccc(C(=O)N3CC[C@H](CN)C3)cc2Br)on1. The van der Waals surface area contributed by atoms with E-state index in [0.717, 1.165) is 29.7 Å². The summed E-state index contributed by atoms with van der Waals surface area (Å²) in [6.07, 6.45) is 0.973. The third kappa shape index (κ3) is 3.79. The molecule has 0 unspecified atom stereocenters. The molecule has 0 saturated carbocycles. The second kappa shape index (κ2) is 7.36. The van der Waals surface area contributed by atoms with E-state index in [4.69, 9.17) is 15.0 Å². The number of carbonyl (C=O) groups is 1. The van der Waals surface area contributed by atoms with E-state index in [-0.39, 0.29) is 12.5 Å². The minimum absolute atomic E-state index is 0.0315. The van der Waals surface area contributed by atoms with Crippen molar-refractivity contribution in [2.24, 2.45) is 11.7 Å². The van der Waals surface area contributed by atoms with E-state index in [0.29, 0.717) is 29.5 Å². The average molecular weight is 394 g/mol. The molecule has 128 valence electrons. The molecular formula is C17H20BrN3O3. The first-order chi connectivity index (χ1) is 11.6. The molecule has 0 radical (unpaired) electrons. The molecule has 24 heavy (non-hydrogen) atoms. The van der Waals surface area contributed by atoms with Gasteiger partial charge in [-0.25, -0.2) is 0 Å². The lowest BCUT2D eigenvalue weighted by Crippen LogP contribution is -2.29. The second-order valence-corrected chi connectivity index (χ2v) is 6.86. The summed E-state index contributed by atoms with van der Waals surface area (Å²) in [5.41, 5.74) is 7.14. The maximum atomic E-state index is 12.6. The number of halogens is 1. The summed E-state index contributed by atoms with van der Waals surface area (Å²) in [4.78, 5) is 14.4. The fraction of sp³-hybridized carbons (Fsp3) is 0.412. The average Bonchev–Trinajstić information content (AvgIpc) is 3.21. The highest BCUT2D eigenvalue weighted by atomic mass is 79.9. The number of benzene rings is 1. The minimum atomic E-state index is 0.0315. The summed E-state index contributed by atoms with van der Waals surface area (Å²) in [6, 6.07) is 7.19. The number of hydrogen-bond donors (Lipinski definition) is 1. The normalized spacial score (nSPS) is 17.3. The number of nitrogens with zero attached hydrogens (tertiary/aromatic N) is 2. The third-order valence-corrected chi connectivity index (χ3v) is 4.75. The van der Waals surface area contributed by atoms with Crippen molar-refractivity contribution in [1.29, 1.82) is 0 Å². The van der Waals surface area contributed by atoms with Crippen molar-refractivity contribution in [3.8, 4) is 5.75 Å². The largest absolute Gasteiger partial charge is 0.484 e. The van der Waals surface area contributed by atoms with Crippen LogP contribution < -0.4 is 10.5 Å². The monoisotopic (exact) mass is 393 g/mol. The third-order valence-electron chi connectivity index (χ3n) is 4.13. The molecule has 1 fully saturated rings. The van der Waals surface area contributed by atoms with E-state index in [1.165, 1.54) is 0 Å². The Labute approximate surface area is 149 Å². The number of aryl methyl sites for hydroxylation is 1. The van der Waals surface area contributed by atoms with Gasteiger partial charge in [0.25, 0.3) is 5.91 Å². The van der Waals surface area contributed by atoms with Gasteiger partial charge >= 0.3 is 0 Å². The molecule has 2 aromatic rings. The molecule has 1 aromatic heterocycles. The number of amides is 1. The molecule has 3 rings (SSSR count). The molecule has 2 N–H and O–H groups in total. The second-order valence-electron chi connectivity index (χ2n) is 6.01. The molecule has 1 aliphatic heterocycles. The van der Waals surface area contributed by atoms with Gasteiger partial charge in [0.1, 0.15) is 12.4 Å². The Balaban J connectivity index is 1.64. The van der Waals surface area contributed by atoms with Crippen LogP contribution in [0.25, 0.3) is 0 Å². The van der Waals surface area contributed by atoms with E-state index in [1.54, 1.807) is 18.2 Å². The van der Waals surface area contributed by atoms with Gasteiger partial charge in [-0.3, -0.25) is 4.79 Å². The number of aromatic nitrogens is 1. The van der Waals surface area contributed by atoms with Crippen LogP contribution in [-0.4, -0.2) is 35.6 Å². The summed E-state index contributed by atoms with van der Waals surface area (Å²) in [5, 5.41) is 3.82. The van der Waals surface area contributed by atoms with Crippen LogP contribution in [-0.2, 0) is 6.61 Å². The molecule has 2 heterocycles. The van der Waals surface area contributed by atoms with Crippen molar-refractivity contribution < 1.29 is 14.1 Å². The van der Waals surface area contributed by atoms with Gasteiger partial charge in [-0.1, -0.05) is 5.16 Å². The molecule has 1 atom stereocenters. The van der Waals surface area contributed by atoms with Gasteiger partial charge < -0.3 is 19.9 Å². The van der Waals surface area contributed by atoms with Crippen molar-refractivity contribution in [1.82, 2.24) is 10.1 Å². The maximum absolute atomic E-state index is 12.6. The summed E-state index contributed by atoms with van der Waals surface area (Å²) >= 11 is 3.47. The Bertz CT molecular complexity index is 732. The number of rotatable bonds is 5. The number of ether oxygens (including phenoxy) is 1. The first kappa shape index (κ1) is 17.0. The van der Waals surface area contributed by atoms with Crippen molar-refractivity contribution in [2.75, 3.05) is 19.6 Å². The maximum Gasteiger partial charge on any atom is 0.253 e. The van der Waals surface area contributed by atoms with Crippen LogP contribution in [0.4, 0.5) is 0 Å². The molecule has 1 aromatic carbocycles. The first-order valence-corrected chi connectivity index (χ1v) is 8.70. The Morgan fingerprint density at radius 2 is 2.33 bits per heavy atom. The van der Waals surface area contributed by atoms with Gasteiger partial charge in [-0.05, 0) is 59.9 Å². The van der Waals surface area contributed by atoms with Crippen molar-refractivity contribution >= 4 is 21.8 Å². The summed E-state index contributed by atoms with van der Waals surface area (Å²) in [7, 11) is 0. The Morgan fingerprint density at radius 1 is 1.50 bits per heavy atom. The summed E-state index contributed by atoms with van der Waals surface area (Å²) in [5.74, 6) is 1.75. The lowest BCUT2D eigenvalue weighted by atomic mass is 10.1. The van der Waals surface area contributed by atoms with E-state index in [1.807, 2.05) is 17.9 Å². The molecular weight excluding hydrogens is 374 g/mol. The van der Waals surface area contributed by atoms with E-state index >= 15 is 0 Å². The van der Waals surface area contributed by atoms with Gasteiger partial charge in [-0.2, -0.15) is 0 Å². The zero-order chi connectivity index (χ0) is 17.1. The Morgan fingerprint density at radius 3 is 2.96 bits per heavy atom. The predicted octanol–water partition coefficient (Wildman–Crippen LogP) is 2.75. The molecule has 0 bridgehead atoms. The number of hydrogen-bond acceptors (Lipinski definition) is 5. The first-order valence-electron chi connectivity index (χ1n) is 7.90. The molecule has 6 nitrogen and oxygen atoms in total. The topological polar surface area (TPSA) is 81.6 Å². The van der Waals surface area contributed by atoms with Crippen LogP contribution in [0.5, 0.6) is 5.75 Å². The van der Waals surface area contributed by atoms with E-state index in [2.05, 4.69) is 21.1 Å². The van der Waals surface area contributed by atoms with Crippen LogP contribution in [0.2, 0.25) is 0 Å². The quantitative estimate of drug-likeness (QED) is 0.844. The predicted molar refractivity (Wildman–Crippen MR) is 92.8 cm³/mol. The Hall–Kier alpha value is -1.86. The number of carbonyl (C=O) groups excluding carboxylic acids is 1.